The fraction of sp³-hybridized carbons (Fsp3) is 0.333. The summed E-state index contributed by atoms with van der Waals surface area (Å²) in [5.74, 6) is 1.59. The molecule has 0 aliphatic heterocycles. The van der Waals surface area contributed by atoms with Crippen LogP contribution in [0.5, 0.6) is 0 Å². The Hall–Kier alpha value is -1.01. The lowest BCUT2D eigenvalue weighted by Gasteiger charge is -2.08. The Morgan fingerprint density at radius 3 is 2.60 bits per heavy atom. The number of rotatable bonds is 7. The topological polar surface area (TPSA) is 30.7 Å². The van der Waals surface area contributed by atoms with Crippen LogP contribution in [0.4, 0.5) is 0 Å². The van der Waals surface area contributed by atoms with Gasteiger partial charge in [0, 0.05) is 38.2 Å². The zero-order valence-electron chi connectivity index (χ0n) is 14.1. The van der Waals surface area contributed by atoms with Gasteiger partial charge in [-0.2, -0.15) is 0 Å². The summed E-state index contributed by atoms with van der Waals surface area (Å²) in [6.07, 6.45) is 2.26. The summed E-state index contributed by atoms with van der Waals surface area (Å²) in [6.45, 7) is 5.13. The van der Waals surface area contributed by atoms with Gasteiger partial charge >= 0.3 is 0 Å². The Bertz CT molecular complexity index is 838. The number of thiophene rings is 1. The Labute approximate surface area is 166 Å². The predicted octanol–water partition coefficient (Wildman–Crippen LogP) is 6.58. The van der Waals surface area contributed by atoms with E-state index in [1.807, 2.05) is 18.2 Å². The average Bonchev–Trinajstić information content (AvgIpc) is 3.21. The predicted molar refractivity (Wildman–Crippen MR) is 109 cm³/mol. The van der Waals surface area contributed by atoms with Gasteiger partial charge in [-0.05, 0) is 37.1 Å². The molecule has 1 aromatic carbocycles. The second-order valence-electron chi connectivity index (χ2n) is 5.59. The molecule has 0 unspecified atom stereocenters. The molecule has 0 spiro atoms. The number of nitrogens with zero attached hydrogens (tertiary/aromatic N) is 3. The lowest BCUT2D eigenvalue weighted by Crippen LogP contribution is -1.99. The first-order chi connectivity index (χ1) is 12.1. The highest BCUT2D eigenvalue weighted by molar-refractivity contribution is 7.98. The molecule has 3 rings (SSSR count). The smallest absolute Gasteiger partial charge is 0.191 e. The average molecular weight is 412 g/mol. The molecule has 0 atom stereocenters. The second kappa shape index (κ2) is 8.58. The van der Waals surface area contributed by atoms with Crippen molar-refractivity contribution in [3.63, 3.8) is 0 Å². The van der Waals surface area contributed by atoms with Crippen LogP contribution in [0.1, 0.15) is 30.7 Å². The molecule has 0 saturated heterocycles. The van der Waals surface area contributed by atoms with Crippen molar-refractivity contribution in [2.45, 2.75) is 44.1 Å². The number of halogens is 2. The molecule has 0 N–H and O–H groups in total. The number of hydrogen-bond donors (Lipinski definition) is 0. The summed E-state index contributed by atoms with van der Waals surface area (Å²) in [4.78, 5) is 1.39. The first-order valence-corrected chi connectivity index (χ1v) is 10.8. The lowest BCUT2D eigenvalue weighted by atomic mass is 10.2. The SMILES string of the molecule is CCCc1cc(-c2nnc(SCc3c(Cl)cccc3Cl)n2CC)cs1. The van der Waals surface area contributed by atoms with Gasteiger partial charge in [0.2, 0.25) is 0 Å². The Kier molecular flexibility index (Phi) is 6.44. The maximum atomic E-state index is 6.26. The summed E-state index contributed by atoms with van der Waals surface area (Å²) in [5.41, 5.74) is 2.08. The molecule has 0 bridgehead atoms. The van der Waals surface area contributed by atoms with E-state index in [0.29, 0.717) is 15.8 Å². The van der Waals surface area contributed by atoms with Gasteiger partial charge in [0.15, 0.2) is 11.0 Å². The fourth-order valence-corrected chi connectivity index (χ4v) is 5.29. The van der Waals surface area contributed by atoms with Crippen molar-refractivity contribution in [3.05, 3.63) is 50.1 Å². The maximum Gasteiger partial charge on any atom is 0.191 e. The Morgan fingerprint density at radius 2 is 1.92 bits per heavy atom. The van der Waals surface area contributed by atoms with E-state index in [4.69, 9.17) is 23.2 Å². The third-order valence-electron chi connectivity index (χ3n) is 3.85. The molecule has 0 aliphatic rings. The van der Waals surface area contributed by atoms with Gasteiger partial charge in [-0.3, -0.25) is 0 Å². The largest absolute Gasteiger partial charge is 0.302 e. The van der Waals surface area contributed by atoms with Crippen LogP contribution in [0.25, 0.3) is 11.4 Å². The highest BCUT2D eigenvalue weighted by Gasteiger charge is 2.16. The minimum absolute atomic E-state index is 0.668. The molecule has 0 fully saturated rings. The number of aryl methyl sites for hydroxylation is 1. The van der Waals surface area contributed by atoms with Gasteiger partial charge in [0.25, 0.3) is 0 Å². The van der Waals surface area contributed by atoms with Crippen molar-refractivity contribution >= 4 is 46.3 Å². The van der Waals surface area contributed by atoms with Crippen molar-refractivity contribution in [1.82, 2.24) is 14.8 Å². The van der Waals surface area contributed by atoms with E-state index in [1.54, 1.807) is 23.1 Å². The molecule has 25 heavy (non-hydrogen) atoms. The summed E-state index contributed by atoms with van der Waals surface area (Å²) >= 11 is 15.9. The normalized spacial score (nSPS) is 11.2. The molecule has 2 aromatic heterocycles. The number of thioether (sulfide) groups is 1. The third-order valence-corrected chi connectivity index (χ3v) is 6.55. The van der Waals surface area contributed by atoms with Crippen molar-refractivity contribution in [1.29, 1.82) is 0 Å². The highest BCUT2D eigenvalue weighted by Crippen LogP contribution is 2.33. The van der Waals surface area contributed by atoms with Crippen LogP contribution in [-0.2, 0) is 18.7 Å². The number of hydrogen-bond acceptors (Lipinski definition) is 4. The van der Waals surface area contributed by atoms with Gasteiger partial charge in [0.1, 0.15) is 0 Å². The Morgan fingerprint density at radius 1 is 1.16 bits per heavy atom. The number of aromatic nitrogens is 3. The minimum Gasteiger partial charge on any atom is -0.302 e. The first kappa shape index (κ1) is 18.8. The van der Waals surface area contributed by atoms with Crippen LogP contribution < -0.4 is 0 Å². The van der Waals surface area contributed by atoms with Gasteiger partial charge in [-0.25, -0.2) is 0 Å². The summed E-state index contributed by atoms with van der Waals surface area (Å²) in [6, 6.07) is 7.81. The molecule has 3 aromatic rings. The molecule has 2 heterocycles. The second-order valence-corrected chi connectivity index (χ2v) is 8.34. The summed E-state index contributed by atoms with van der Waals surface area (Å²) in [7, 11) is 0. The van der Waals surface area contributed by atoms with Gasteiger partial charge in [-0.15, -0.1) is 21.5 Å². The lowest BCUT2D eigenvalue weighted by molar-refractivity contribution is 0.687. The first-order valence-electron chi connectivity index (χ1n) is 8.20. The molecular weight excluding hydrogens is 393 g/mol. The monoisotopic (exact) mass is 411 g/mol. The van der Waals surface area contributed by atoms with Crippen LogP contribution in [0.3, 0.4) is 0 Å². The van der Waals surface area contributed by atoms with E-state index in [2.05, 4.69) is 40.1 Å². The van der Waals surface area contributed by atoms with Crippen molar-refractivity contribution in [2.75, 3.05) is 0 Å². The van der Waals surface area contributed by atoms with Gasteiger partial charge in [-0.1, -0.05) is 54.4 Å². The van der Waals surface area contributed by atoms with E-state index >= 15 is 0 Å². The molecule has 132 valence electrons. The van der Waals surface area contributed by atoms with E-state index in [0.717, 1.165) is 41.5 Å². The van der Waals surface area contributed by atoms with Gasteiger partial charge < -0.3 is 4.57 Å². The van der Waals surface area contributed by atoms with E-state index in [9.17, 15) is 0 Å². The number of benzene rings is 1. The molecule has 0 radical (unpaired) electrons. The minimum atomic E-state index is 0.668. The van der Waals surface area contributed by atoms with Crippen LogP contribution >= 0.6 is 46.3 Å². The quantitative estimate of drug-likeness (QED) is 0.411. The molecule has 7 heteroatoms. The van der Waals surface area contributed by atoms with Crippen LogP contribution in [-0.4, -0.2) is 14.8 Å². The highest BCUT2D eigenvalue weighted by atomic mass is 35.5. The standard InChI is InChI=1S/C18H19Cl2N3S2/c1-3-6-13-9-12(10-24-13)17-21-22-18(23(17)4-2)25-11-14-15(19)7-5-8-16(14)20/h5,7-10H,3-4,6,11H2,1-2H3. The van der Waals surface area contributed by atoms with E-state index in [1.165, 1.54) is 4.88 Å². The summed E-state index contributed by atoms with van der Waals surface area (Å²) in [5, 5.41) is 13.2. The van der Waals surface area contributed by atoms with Crippen LogP contribution in [0.15, 0.2) is 34.8 Å². The van der Waals surface area contributed by atoms with Crippen LogP contribution in [0, 0.1) is 0 Å². The molecule has 0 saturated carbocycles. The molecule has 0 aliphatic carbocycles. The fourth-order valence-electron chi connectivity index (χ4n) is 2.58. The zero-order valence-corrected chi connectivity index (χ0v) is 17.3. The molecule has 0 amide bonds. The maximum absolute atomic E-state index is 6.26. The van der Waals surface area contributed by atoms with Crippen molar-refractivity contribution in [2.24, 2.45) is 0 Å². The zero-order chi connectivity index (χ0) is 17.8. The third kappa shape index (κ3) is 4.22. The van der Waals surface area contributed by atoms with Crippen molar-refractivity contribution in [3.8, 4) is 11.4 Å². The van der Waals surface area contributed by atoms with Gasteiger partial charge in [0.05, 0.1) is 0 Å². The van der Waals surface area contributed by atoms with E-state index < -0.39 is 0 Å². The molecule has 3 nitrogen and oxygen atoms in total. The summed E-state index contributed by atoms with van der Waals surface area (Å²) < 4.78 is 2.15. The Balaban J connectivity index is 1.82. The van der Waals surface area contributed by atoms with E-state index in [-0.39, 0.29) is 0 Å². The van der Waals surface area contributed by atoms with Crippen LogP contribution in [0.2, 0.25) is 10.0 Å². The van der Waals surface area contributed by atoms with Crippen molar-refractivity contribution < 1.29 is 0 Å². The molecular formula is C18H19Cl2N3S2.